The molecule has 5 heteroatoms. The number of alkyl carbamates (subject to hydrolysis) is 1. The summed E-state index contributed by atoms with van der Waals surface area (Å²) in [6.45, 7) is 8.19. The van der Waals surface area contributed by atoms with Crippen LogP contribution in [0.3, 0.4) is 0 Å². The van der Waals surface area contributed by atoms with Gasteiger partial charge < -0.3 is 10.1 Å². The van der Waals surface area contributed by atoms with Gasteiger partial charge in [-0.05, 0) is 18.9 Å². The Balaban J connectivity index is 3.44. The summed E-state index contributed by atoms with van der Waals surface area (Å²) in [5.41, 5.74) is 0.497. The van der Waals surface area contributed by atoms with Crippen LogP contribution in [0, 0.1) is 0 Å². The molecule has 0 saturated carbocycles. The second-order valence-corrected chi connectivity index (χ2v) is 5.43. The third kappa shape index (κ3) is 8.23. The van der Waals surface area contributed by atoms with Gasteiger partial charge in [-0.15, -0.1) is 0 Å². The Kier molecular flexibility index (Phi) is 8.52. The lowest BCUT2D eigenvalue weighted by Crippen LogP contribution is -2.26. The van der Waals surface area contributed by atoms with Gasteiger partial charge >= 0.3 is 6.09 Å². The monoisotopic (exact) mass is 243 g/mol. The molecule has 0 saturated heterocycles. The molecule has 0 bridgehead atoms. The van der Waals surface area contributed by atoms with Crippen molar-refractivity contribution in [2.75, 3.05) is 13.2 Å². The van der Waals surface area contributed by atoms with Crippen LogP contribution in [0.2, 0.25) is 12.6 Å². The van der Waals surface area contributed by atoms with Crippen molar-refractivity contribution in [1.29, 1.82) is 0 Å². The first-order chi connectivity index (χ1) is 7.57. The number of nitrogens with one attached hydrogen (secondary N) is 1. The minimum Gasteiger partial charge on any atom is -0.449 e. The normalized spacial score (nSPS) is 10.4. The first kappa shape index (κ1) is 14.9. The maximum atomic E-state index is 11.1. The molecule has 4 nitrogen and oxygen atoms in total. The summed E-state index contributed by atoms with van der Waals surface area (Å²) in [6, 6.07) is 1.23. The molecule has 92 valence electrons. The second kappa shape index (κ2) is 9.15. The number of rotatable bonds is 8. The number of ketones is 1. The molecule has 0 fully saturated rings. The van der Waals surface area contributed by atoms with Gasteiger partial charge in [0.05, 0.1) is 0 Å². The molecule has 0 aliphatic heterocycles. The van der Waals surface area contributed by atoms with E-state index in [-0.39, 0.29) is 28.3 Å². The Morgan fingerprint density at radius 2 is 2.12 bits per heavy atom. The van der Waals surface area contributed by atoms with Gasteiger partial charge in [-0.3, -0.25) is 4.79 Å². The standard InChI is InChI=1S/C11H21NO3Si/c1-9(2)10(13)5-7-15-11(14)12-6-4-8-16-3/h1,4-8,16H2,2-3H3,(H,12,14). The van der Waals surface area contributed by atoms with Gasteiger partial charge in [0.2, 0.25) is 0 Å². The average Bonchev–Trinajstić information content (AvgIpc) is 2.24. The number of ether oxygens (including phenoxy) is 1. The maximum Gasteiger partial charge on any atom is 0.407 e. The van der Waals surface area contributed by atoms with Crippen LogP contribution in [0.1, 0.15) is 19.8 Å². The molecule has 0 aliphatic rings. The van der Waals surface area contributed by atoms with Gasteiger partial charge in [-0.2, -0.15) is 0 Å². The van der Waals surface area contributed by atoms with E-state index in [4.69, 9.17) is 4.74 Å². The fraction of sp³-hybridized carbons (Fsp3) is 0.636. The van der Waals surface area contributed by atoms with Crippen molar-refractivity contribution in [3.63, 3.8) is 0 Å². The van der Waals surface area contributed by atoms with E-state index in [1.165, 1.54) is 6.04 Å². The van der Waals surface area contributed by atoms with Crippen molar-refractivity contribution < 1.29 is 14.3 Å². The molecule has 0 unspecified atom stereocenters. The molecule has 16 heavy (non-hydrogen) atoms. The summed E-state index contributed by atoms with van der Waals surface area (Å²) in [5.74, 6) is -0.0650. The summed E-state index contributed by atoms with van der Waals surface area (Å²) in [6.07, 6.45) is 0.792. The van der Waals surface area contributed by atoms with Crippen molar-refractivity contribution in [2.45, 2.75) is 32.4 Å². The van der Waals surface area contributed by atoms with Crippen LogP contribution in [0.15, 0.2) is 12.2 Å². The topological polar surface area (TPSA) is 55.4 Å². The zero-order valence-electron chi connectivity index (χ0n) is 10.2. The molecule has 0 rings (SSSR count). The first-order valence-corrected chi connectivity index (χ1v) is 8.08. The Hall–Kier alpha value is -1.10. The molecule has 0 radical (unpaired) electrons. The van der Waals surface area contributed by atoms with Crippen molar-refractivity contribution >= 4 is 21.4 Å². The predicted molar refractivity (Wildman–Crippen MR) is 67.6 cm³/mol. The number of hydrogen-bond acceptors (Lipinski definition) is 3. The Morgan fingerprint density at radius 1 is 1.44 bits per heavy atom. The van der Waals surface area contributed by atoms with Crippen molar-refractivity contribution in [2.24, 2.45) is 0 Å². The van der Waals surface area contributed by atoms with Gasteiger partial charge in [0.1, 0.15) is 6.61 Å². The van der Waals surface area contributed by atoms with E-state index in [0.717, 1.165) is 6.42 Å². The van der Waals surface area contributed by atoms with Gasteiger partial charge in [-0.1, -0.05) is 19.2 Å². The number of carbonyl (C=O) groups excluding carboxylic acids is 2. The van der Waals surface area contributed by atoms with E-state index in [0.29, 0.717) is 12.1 Å². The predicted octanol–water partition coefficient (Wildman–Crippen LogP) is 1.27. The molecule has 0 aromatic carbocycles. The smallest absolute Gasteiger partial charge is 0.407 e. The lowest BCUT2D eigenvalue weighted by atomic mass is 10.2. The first-order valence-electron chi connectivity index (χ1n) is 5.67. The van der Waals surface area contributed by atoms with Crippen molar-refractivity contribution in [1.82, 2.24) is 5.32 Å². The molecule has 0 aliphatic carbocycles. The summed E-state index contributed by atoms with van der Waals surface area (Å²) < 4.78 is 4.84. The zero-order chi connectivity index (χ0) is 12.4. The minimum absolute atomic E-state index is 0.0650. The fourth-order valence-electron chi connectivity index (χ4n) is 1.07. The van der Waals surface area contributed by atoms with Crippen LogP contribution < -0.4 is 5.32 Å². The lowest BCUT2D eigenvalue weighted by Gasteiger charge is -2.06. The fourth-order valence-corrected chi connectivity index (χ4v) is 1.82. The molecule has 1 amide bonds. The summed E-state index contributed by atoms with van der Waals surface area (Å²) >= 11 is 0. The molecule has 1 N–H and O–H groups in total. The lowest BCUT2D eigenvalue weighted by molar-refractivity contribution is -0.116. The highest BCUT2D eigenvalue weighted by atomic mass is 28.2. The molecule has 0 heterocycles. The molecule has 0 aromatic heterocycles. The summed E-state index contributed by atoms with van der Waals surface area (Å²) in [7, 11) is 0.0868. The van der Waals surface area contributed by atoms with E-state index in [1.54, 1.807) is 6.92 Å². The van der Waals surface area contributed by atoms with Crippen LogP contribution in [-0.4, -0.2) is 34.5 Å². The highest BCUT2D eigenvalue weighted by Crippen LogP contribution is 1.95. The van der Waals surface area contributed by atoms with Crippen LogP contribution in [-0.2, 0) is 9.53 Å². The second-order valence-electron chi connectivity index (χ2n) is 3.72. The van der Waals surface area contributed by atoms with Crippen LogP contribution >= 0.6 is 0 Å². The van der Waals surface area contributed by atoms with Gasteiger partial charge in [0, 0.05) is 22.5 Å². The van der Waals surface area contributed by atoms with E-state index < -0.39 is 6.09 Å². The van der Waals surface area contributed by atoms with Crippen molar-refractivity contribution in [3.8, 4) is 0 Å². The molecule has 0 aromatic rings. The van der Waals surface area contributed by atoms with E-state index in [9.17, 15) is 9.59 Å². The highest BCUT2D eigenvalue weighted by molar-refractivity contribution is 6.33. The average molecular weight is 243 g/mol. The highest BCUT2D eigenvalue weighted by Gasteiger charge is 2.05. The van der Waals surface area contributed by atoms with E-state index >= 15 is 0 Å². The van der Waals surface area contributed by atoms with Crippen molar-refractivity contribution in [3.05, 3.63) is 12.2 Å². The quantitative estimate of drug-likeness (QED) is 0.397. The van der Waals surface area contributed by atoms with Gasteiger partial charge in [0.15, 0.2) is 5.78 Å². The third-order valence-electron chi connectivity index (χ3n) is 2.09. The Bertz CT molecular complexity index is 254. The van der Waals surface area contributed by atoms with Crippen LogP contribution in [0.25, 0.3) is 0 Å². The van der Waals surface area contributed by atoms with Crippen LogP contribution in [0.5, 0.6) is 0 Å². The number of allylic oxidation sites excluding steroid dienone is 1. The number of amides is 1. The molecular weight excluding hydrogens is 222 g/mol. The third-order valence-corrected chi connectivity index (χ3v) is 3.30. The number of Topliss-reactive ketones (excluding diaryl/α,β-unsaturated/α-hetero) is 1. The Labute approximate surface area is 99.3 Å². The maximum absolute atomic E-state index is 11.1. The van der Waals surface area contributed by atoms with E-state index in [2.05, 4.69) is 18.4 Å². The molecular formula is C11H21NO3Si. The largest absolute Gasteiger partial charge is 0.449 e. The van der Waals surface area contributed by atoms with Crippen LogP contribution in [0.4, 0.5) is 4.79 Å². The van der Waals surface area contributed by atoms with Gasteiger partial charge in [0.25, 0.3) is 0 Å². The number of hydrogen-bond donors (Lipinski definition) is 1. The van der Waals surface area contributed by atoms with Gasteiger partial charge in [-0.25, -0.2) is 4.79 Å². The SMILES string of the molecule is C=C(C)C(=O)CCOC(=O)NCCC[SiH2]C. The number of carbonyl (C=O) groups is 2. The summed E-state index contributed by atoms with van der Waals surface area (Å²) in [5, 5.41) is 2.65. The minimum atomic E-state index is -0.438. The van der Waals surface area contributed by atoms with E-state index in [1.807, 2.05) is 0 Å². The molecule has 0 atom stereocenters. The summed E-state index contributed by atoms with van der Waals surface area (Å²) in [4.78, 5) is 22.2. The Morgan fingerprint density at radius 3 is 2.69 bits per heavy atom. The molecule has 0 spiro atoms. The zero-order valence-corrected chi connectivity index (χ0v) is 11.6.